The molecule has 0 aromatic rings. The Bertz CT molecular complexity index is 292. The lowest BCUT2D eigenvalue weighted by molar-refractivity contribution is 0.230. The standard InChI is InChI=1S/C17H37NOSi/c1-13(2)20(14(3)4,15(5)6)19-11-10-16-12-17(16,7)18(8)9/h13-16H,10-12H2,1-9H3/t16-,17?/m1/s1. The molecule has 0 bridgehead atoms. The third-order valence-electron chi connectivity index (χ3n) is 5.93. The second-order valence-corrected chi connectivity index (χ2v) is 13.6. The maximum absolute atomic E-state index is 6.66. The number of rotatable bonds is 8. The molecule has 0 aromatic carbocycles. The highest BCUT2D eigenvalue weighted by atomic mass is 28.4. The van der Waals surface area contributed by atoms with Gasteiger partial charge in [0.1, 0.15) is 0 Å². The zero-order chi connectivity index (χ0) is 15.7. The first kappa shape index (κ1) is 18.2. The van der Waals surface area contributed by atoms with Gasteiger partial charge in [0, 0.05) is 12.1 Å². The van der Waals surface area contributed by atoms with E-state index in [1.54, 1.807) is 0 Å². The highest BCUT2D eigenvalue weighted by Gasteiger charge is 2.52. The van der Waals surface area contributed by atoms with Gasteiger partial charge in [-0.2, -0.15) is 0 Å². The molecule has 0 heterocycles. The van der Waals surface area contributed by atoms with Crippen LogP contribution in [0.5, 0.6) is 0 Å². The third kappa shape index (κ3) is 3.31. The summed E-state index contributed by atoms with van der Waals surface area (Å²) >= 11 is 0. The van der Waals surface area contributed by atoms with E-state index in [0.717, 1.165) is 12.5 Å². The number of hydrogen-bond donors (Lipinski definition) is 0. The fourth-order valence-electron chi connectivity index (χ4n) is 4.28. The van der Waals surface area contributed by atoms with Crippen molar-refractivity contribution in [2.45, 2.75) is 83.5 Å². The molecule has 1 aliphatic rings. The lowest BCUT2D eigenvalue weighted by Gasteiger charge is -2.42. The van der Waals surface area contributed by atoms with E-state index in [1.807, 2.05) is 0 Å². The summed E-state index contributed by atoms with van der Waals surface area (Å²) in [5.74, 6) is 0.829. The highest BCUT2D eigenvalue weighted by molar-refractivity contribution is 6.77. The first-order valence-corrected chi connectivity index (χ1v) is 10.5. The van der Waals surface area contributed by atoms with Gasteiger partial charge in [-0.3, -0.25) is 0 Å². The molecule has 1 fully saturated rings. The average molecular weight is 300 g/mol. The molecule has 0 aliphatic heterocycles. The Balaban J connectivity index is 2.57. The van der Waals surface area contributed by atoms with Crippen molar-refractivity contribution >= 4 is 8.32 Å². The summed E-state index contributed by atoms with van der Waals surface area (Å²) in [5.41, 5.74) is 2.52. The SMILES string of the molecule is CC(C)[Si](OCC[C@@H]1CC1(C)N(C)C)(C(C)C)C(C)C. The van der Waals surface area contributed by atoms with E-state index in [1.165, 1.54) is 12.8 Å². The van der Waals surface area contributed by atoms with Crippen LogP contribution in [0.3, 0.4) is 0 Å². The zero-order valence-electron chi connectivity index (χ0n) is 15.3. The van der Waals surface area contributed by atoms with E-state index >= 15 is 0 Å². The quantitative estimate of drug-likeness (QED) is 0.591. The van der Waals surface area contributed by atoms with Gasteiger partial charge in [0.25, 0.3) is 0 Å². The van der Waals surface area contributed by atoms with Crippen molar-refractivity contribution in [3.63, 3.8) is 0 Å². The van der Waals surface area contributed by atoms with Crippen LogP contribution in [0.25, 0.3) is 0 Å². The van der Waals surface area contributed by atoms with Crippen molar-refractivity contribution in [2.75, 3.05) is 20.7 Å². The molecule has 0 saturated heterocycles. The minimum Gasteiger partial charge on any atom is -0.416 e. The fraction of sp³-hybridized carbons (Fsp3) is 1.00. The van der Waals surface area contributed by atoms with Crippen molar-refractivity contribution in [3.05, 3.63) is 0 Å². The minimum atomic E-state index is -1.65. The lowest BCUT2D eigenvalue weighted by atomic mass is 10.2. The topological polar surface area (TPSA) is 12.5 Å². The number of nitrogens with zero attached hydrogens (tertiary/aromatic N) is 1. The van der Waals surface area contributed by atoms with Gasteiger partial charge in [-0.15, -0.1) is 0 Å². The van der Waals surface area contributed by atoms with Gasteiger partial charge in [0.15, 0.2) is 8.32 Å². The van der Waals surface area contributed by atoms with E-state index < -0.39 is 8.32 Å². The molecule has 1 rings (SSSR count). The average Bonchev–Trinajstić information content (AvgIpc) is 2.96. The van der Waals surface area contributed by atoms with Crippen LogP contribution in [0.1, 0.15) is 61.3 Å². The summed E-state index contributed by atoms with van der Waals surface area (Å²) in [4.78, 5) is 2.38. The van der Waals surface area contributed by atoms with Gasteiger partial charge in [-0.25, -0.2) is 0 Å². The van der Waals surface area contributed by atoms with E-state index in [-0.39, 0.29) is 0 Å². The van der Waals surface area contributed by atoms with Crippen molar-refractivity contribution < 1.29 is 4.43 Å². The lowest BCUT2D eigenvalue weighted by Crippen LogP contribution is -2.48. The Kier molecular flexibility index (Phi) is 5.90. The molecule has 2 nitrogen and oxygen atoms in total. The van der Waals surface area contributed by atoms with Crippen molar-refractivity contribution in [1.82, 2.24) is 4.90 Å². The van der Waals surface area contributed by atoms with E-state index in [0.29, 0.717) is 22.2 Å². The molecule has 1 aliphatic carbocycles. The van der Waals surface area contributed by atoms with Crippen LogP contribution < -0.4 is 0 Å². The van der Waals surface area contributed by atoms with Crippen LogP contribution in [-0.2, 0) is 4.43 Å². The summed E-state index contributed by atoms with van der Waals surface area (Å²) < 4.78 is 6.66. The van der Waals surface area contributed by atoms with E-state index in [9.17, 15) is 0 Å². The molecule has 0 spiro atoms. The van der Waals surface area contributed by atoms with Crippen LogP contribution >= 0.6 is 0 Å². The predicted octanol–water partition coefficient (Wildman–Crippen LogP) is 4.91. The van der Waals surface area contributed by atoms with Gasteiger partial charge in [-0.1, -0.05) is 41.5 Å². The normalized spacial score (nSPS) is 27.1. The van der Waals surface area contributed by atoms with Gasteiger partial charge in [0.2, 0.25) is 0 Å². The van der Waals surface area contributed by atoms with Crippen LogP contribution in [0.4, 0.5) is 0 Å². The summed E-state index contributed by atoms with van der Waals surface area (Å²) in [6.07, 6.45) is 2.57. The highest BCUT2D eigenvalue weighted by Crippen LogP contribution is 2.49. The summed E-state index contributed by atoms with van der Waals surface area (Å²) in [6, 6.07) is 0. The Hall–Kier alpha value is 0.137. The molecular weight excluding hydrogens is 262 g/mol. The van der Waals surface area contributed by atoms with Crippen molar-refractivity contribution in [2.24, 2.45) is 5.92 Å². The Morgan fingerprint density at radius 2 is 1.50 bits per heavy atom. The van der Waals surface area contributed by atoms with Gasteiger partial charge in [0.05, 0.1) is 0 Å². The van der Waals surface area contributed by atoms with Crippen LogP contribution in [-0.4, -0.2) is 39.5 Å². The molecule has 20 heavy (non-hydrogen) atoms. The molecule has 1 saturated carbocycles. The van der Waals surface area contributed by atoms with Gasteiger partial charge in [-0.05, 0) is 56.4 Å². The molecule has 3 heteroatoms. The Morgan fingerprint density at radius 1 is 1.05 bits per heavy atom. The largest absolute Gasteiger partial charge is 0.416 e. The molecule has 2 atom stereocenters. The fourth-order valence-corrected chi connectivity index (χ4v) is 9.75. The van der Waals surface area contributed by atoms with Crippen LogP contribution in [0.15, 0.2) is 0 Å². The van der Waals surface area contributed by atoms with Crippen LogP contribution in [0, 0.1) is 5.92 Å². The molecule has 0 radical (unpaired) electrons. The van der Waals surface area contributed by atoms with Crippen molar-refractivity contribution in [1.29, 1.82) is 0 Å². The second kappa shape index (κ2) is 6.49. The number of hydrogen-bond acceptors (Lipinski definition) is 2. The van der Waals surface area contributed by atoms with E-state index in [2.05, 4.69) is 67.5 Å². The third-order valence-corrected chi connectivity index (χ3v) is 12.0. The molecule has 120 valence electrons. The maximum Gasteiger partial charge on any atom is 0.200 e. The maximum atomic E-state index is 6.66. The molecule has 0 aromatic heterocycles. The zero-order valence-corrected chi connectivity index (χ0v) is 16.3. The summed E-state index contributed by atoms with van der Waals surface area (Å²) in [6.45, 7) is 17.6. The first-order chi connectivity index (χ1) is 9.09. The molecule has 0 N–H and O–H groups in total. The van der Waals surface area contributed by atoms with Gasteiger partial charge < -0.3 is 9.33 Å². The van der Waals surface area contributed by atoms with Crippen LogP contribution in [0.2, 0.25) is 16.6 Å². The minimum absolute atomic E-state index is 0.432. The Labute approximate surface area is 128 Å². The Morgan fingerprint density at radius 3 is 1.80 bits per heavy atom. The van der Waals surface area contributed by atoms with Crippen molar-refractivity contribution in [3.8, 4) is 0 Å². The smallest absolute Gasteiger partial charge is 0.200 e. The summed E-state index contributed by atoms with van der Waals surface area (Å²) in [5, 5.41) is 0. The molecule has 0 amide bonds. The monoisotopic (exact) mass is 299 g/mol. The summed E-state index contributed by atoms with van der Waals surface area (Å²) in [7, 11) is 2.76. The first-order valence-electron chi connectivity index (χ1n) is 8.40. The second-order valence-electron chi connectivity index (χ2n) is 8.11. The predicted molar refractivity (Wildman–Crippen MR) is 91.8 cm³/mol. The molecule has 1 unspecified atom stereocenters. The molecular formula is C17H37NOSi. The van der Waals surface area contributed by atoms with Gasteiger partial charge >= 0.3 is 0 Å². The van der Waals surface area contributed by atoms with E-state index in [4.69, 9.17) is 4.43 Å².